The van der Waals surface area contributed by atoms with Crippen molar-refractivity contribution in [3.05, 3.63) is 59.4 Å². The highest BCUT2D eigenvalue weighted by Gasteiger charge is 2.11. The van der Waals surface area contributed by atoms with E-state index in [0.29, 0.717) is 6.61 Å². The molecule has 0 aliphatic heterocycles. The van der Waals surface area contributed by atoms with Crippen molar-refractivity contribution < 1.29 is 4.74 Å². The van der Waals surface area contributed by atoms with Gasteiger partial charge < -0.3 is 9.30 Å². The van der Waals surface area contributed by atoms with Crippen LogP contribution in [0.2, 0.25) is 0 Å². The fourth-order valence-corrected chi connectivity index (χ4v) is 3.89. The van der Waals surface area contributed by atoms with Gasteiger partial charge in [0, 0.05) is 6.54 Å². The van der Waals surface area contributed by atoms with E-state index in [-0.39, 0.29) is 0 Å². The van der Waals surface area contributed by atoms with Crippen LogP contribution >= 0.6 is 0 Å². The Morgan fingerprint density at radius 1 is 0.862 bits per heavy atom. The predicted octanol–water partition coefficient (Wildman–Crippen LogP) is 7.37. The standard InChI is InChI=1S/C26H36N2O/c1-4-5-6-7-8-9-10-13-18-28-24-15-12-11-14-23(24)27-26(28)20-29-25-19-21(2)16-17-22(25)3/h11-12,14-17,19H,4-10,13,18,20H2,1-3H3. The van der Waals surface area contributed by atoms with Gasteiger partial charge in [-0.25, -0.2) is 4.98 Å². The van der Waals surface area contributed by atoms with E-state index in [4.69, 9.17) is 9.72 Å². The van der Waals surface area contributed by atoms with Crippen LogP contribution in [0.5, 0.6) is 5.75 Å². The Bertz CT molecular complexity index is 897. The number of ether oxygens (including phenoxy) is 1. The Morgan fingerprint density at radius 3 is 2.38 bits per heavy atom. The molecule has 0 spiro atoms. The third-order valence-electron chi connectivity index (χ3n) is 5.67. The van der Waals surface area contributed by atoms with Gasteiger partial charge in [-0.15, -0.1) is 0 Å². The van der Waals surface area contributed by atoms with E-state index in [1.165, 1.54) is 68.0 Å². The van der Waals surface area contributed by atoms with E-state index >= 15 is 0 Å². The zero-order chi connectivity index (χ0) is 20.5. The van der Waals surface area contributed by atoms with E-state index in [2.05, 4.69) is 67.8 Å². The Labute approximate surface area is 176 Å². The SMILES string of the molecule is CCCCCCCCCCn1c(COc2cc(C)ccc2C)nc2ccccc21. The Hall–Kier alpha value is -2.29. The highest BCUT2D eigenvalue weighted by Crippen LogP contribution is 2.23. The molecule has 0 radical (unpaired) electrons. The summed E-state index contributed by atoms with van der Waals surface area (Å²) in [6, 6.07) is 14.8. The van der Waals surface area contributed by atoms with E-state index in [9.17, 15) is 0 Å². The lowest BCUT2D eigenvalue weighted by molar-refractivity contribution is 0.287. The molecule has 3 nitrogen and oxygen atoms in total. The Kier molecular flexibility index (Phi) is 8.15. The molecule has 3 rings (SSSR count). The summed E-state index contributed by atoms with van der Waals surface area (Å²) in [6.45, 7) is 8.00. The first-order chi connectivity index (χ1) is 14.2. The van der Waals surface area contributed by atoms with Gasteiger partial charge in [0.2, 0.25) is 0 Å². The van der Waals surface area contributed by atoms with E-state index in [1.54, 1.807) is 0 Å². The summed E-state index contributed by atoms with van der Waals surface area (Å²) in [5, 5.41) is 0. The number of nitrogens with zero attached hydrogens (tertiary/aromatic N) is 2. The van der Waals surface area contributed by atoms with Crippen molar-refractivity contribution in [1.29, 1.82) is 0 Å². The highest BCUT2D eigenvalue weighted by molar-refractivity contribution is 5.75. The molecule has 0 aliphatic rings. The van der Waals surface area contributed by atoms with Gasteiger partial charge in [0.15, 0.2) is 0 Å². The average Bonchev–Trinajstić information content (AvgIpc) is 3.08. The first-order valence-electron chi connectivity index (χ1n) is 11.3. The lowest BCUT2D eigenvalue weighted by Crippen LogP contribution is -2.08. The lowest BCUT2D eigenvalue weighted by Gasteiger charge is -2.12. The predicted molar refractivity (Wildman–Crippen MR) is 123 cm³/mol. The molecule has 0 unspecified atom stereocenters. The fraction of sp³-hybridized carbons (Fsp3) is 0.500. The third-order valence-corrected chi connectivity index (χ3v) is 5.67. The molecule has 0 aliphatic carbocycles. The zero-order valence-corrected chi connectivity index (χ0v) is 18.4. The summed E-state index contributed by atoms with van der Waals surface area (Å²) in [5.74, 6) is 1.98. The molecule has 156 valence electrons. The van der Waals surface area contributed by atoms with Gasteiger partial charge in [-0.2, -0.15) is 0 Å². The van der Waals surface area contributed by atoms with Crippen LogP contribution in [0.25, 0.3) is 11.0 Å². The molecule has 0 amide bonds. The quantitative estimate of drug-likeness (QED) is 0.301. The number of aryl methyl sites for hydroxylation is 3. The molecule has 3 heteroatoms. The van der Waals surface area contributed by atoms with E-state index in [0.717, 1.165) is 23.6 Å². The molecule has 0 saturated carbocycles. The minimum atomic E-state index is 0.510. The second-order valence-electron chi connectivity index (χ2n) is 8.20. The van der Waals surface area contributed by atoms with Crippen molar-refractivity contribution in [2.45, 2.75) is 85.3 Å². The maximum Gasteiger partial charge on any atom is 0.147 e. The number of rotatable bonds is 12. The Morgan fingerprint density at radius 2 is 1.59 bits per heavy atom. The number of unbranched alkanes of at least 4 members (excludes halogenated alkanes) is 7. The van der Waals surface area contributed by atoms with Crippen LogP contribution in [0.15, 0.2) is 42.5 Å². The molecular formula is C26H36N2O. The summed E-state index contributed by atoms with van der Waals surface area (Å²) in [4.78, 5) is 4.87. The molecular weight excluding hydrogens is 356 g/mol. The normalized spacial score (nSPS) is 11.3. The number of hydrogen-bond acceptors (Lipinski definition) is 2. The topological polar surface area (TPSA) is 27.1 Å². The maximum atomic E-state index is 6.17. The second kappa shape index (κ2) is 11.0. The third kappa shape index (κ3) is 6.09. The number of para-hydroxylation sites is 2. The van der Waals surface area contributed by atoms with Gasteiger partial charge >= 0.3 is 0 Å². The molecule has 0 bridgehead atoms. The summed E-state index contributed by atoms with van der Waals surface area (Å²) in [5.41, 5.74) is 4.67. The van der Waals surface area contributed by atoms with Crippen LogP contribution < -0.4 is 4.74 Å². The molecule has 2 aromatic carbocycles. The maximum absolute atomic E-state index is 6.17. The number of imidazole rings is 1. The first-order valence-corrected chi connectivity index (χ1v) is 11.3. The molecule has 0 N–H and O–H groups in total. The van der Waals surface area contributed by atoms with Crippen molar-refractivity contribution in [2.75, 3.05) is 0 Å². The highest BCUT2D eigenvalue weighted by atomic mass is 16.5. The van der Waals surface area contributed by atoms with Crippen LogP contribution in [0.4, 0.5) is 0 Å². The first kappa shape index (κ1) is 21.4. The zero-order valence-electron chi connectivity index (χ0n) is 18.4. The number of benzene rings is 2. The van der Waals surface area contributed by atoms with E-state index in [1.807, 2.05) is 0 Å². The molecule has 0 atom stereocenters. The van der Waals surface area contributed by atoms with Crippen molar-refractivity contribution in [1.82, 2.24) is 9.55 Å². The van der Waals surface area contributed by atoms with Gasteiger partial charge in [0.05, 0.1) is 11.0 Å². The van der Waals surface area contributed by atoms with Crippen molar-refractivity contribution >= 4 is 11.0 Å². The molecule has 3 aromatic rings. The van der Waals surface area contributed by atoms with Crippen LogP contribution in [-0.4, -0.2) is 9.55 Å². The summed E-state index contributed by atoms with van der Waals surface area (Å²) < 4.78 is 8.53. The minimum Gasteiger partial charge on any atom is -0.485 e. The van der Waals surface area contributed by atoms with Crippen LogP contribution in [0.1, 0.15) is 75.2 Å². The monoisotopic (exact) mass is 392 g/mol. The van der Waals surface area contributed by atoms with Crippen molar-refractivity contribution in [3.63, 3.8) is 0 Å². The van der Waals surface area contributed by atoms with Crippen molar-refractivity contribution in [2.24, 2.45) is 0 Å². The van der Waals surface area contributed by atoms with E-state index < -0.39 is 0 Å². The molecule has 29 heavy (non-hydrogen) atoms. The molecule has 1 heterocycles. The van der Waals surface area contributed by atoms with Crippen LogP contribution in [0, 0.1) is 13.8 Å². The van der Waals surface area contributed by atoms with Gasteiger partial charge in [0.1, 0.15) is 18.2 Å². The van der Waals surface area contributed by atoms with Gasteiger partial charge in [-0.05, 0) is 49.6 Å². The minimum absolute atomic E-state index is 0.510. The Balaban J connectivity index is 1.61. The number of aromatic nitrogens is 2. The molecule has 0 saturated heterocycles. The largest absolute Gasteiger partial charge is 0.485 e. The summed E-state index contributed by atoms with van der Waals surface area (Å²) >= 11 is 0. The van der Waals surface area contributed by atoms with Crippen LogP contribution in [-0.2, 0) is 13.2 Å². The lowest BCUT2D eigenvalue weighted by atomic mass is 10.1. The number of hydrogen-bond donors (Lipinski definition) is 0. The second-order valence-corrected chi connectivity index (χ2v) is 8.20. The summed E-state index contributed by atoms with van der Waals surface area (Å²) in [7, 11) is 0. The van der Waals surface area contributed by atoms with Crippen molar-refractivity contribution in [3.8, 4) is 5.75 Å². The average molecular weight is 393 g/mol. The van der Waals surface area contributed by atoms with Gasteiger partial charge in [0.25, 0.3) is 0 Å². The molecule has 0 fully saturated rings. The smallest absolute Gasteiger partial charge is 0.147 e. The fourth-order valence-electron chi connectivity index (χ4n) is 3.89. The van der Waals surface area contributed by atoms with Crippen LogP contribution in [0.3, 0.4) is 0 Å². The molecule has 1 aromatic heterocycles. The summed E-state index contributed by atoms with van der Waals surface area (Å²) in [6.07, 6.45) is 10.7. The van der Waals surface area contributed by atoms with Gasteiger partial charge in [-0.3, -0.25) is 0 Å². The van der Waals surface area contributed by atoms with Gasteiger partial charge in [-0.1, -0.05) is 76.1 Å². The number of fused-ring (bicyclic) bond motifs is 1.